The Morgan fingerprint density at radius 3 is 2.78 bits per heavy atom. The molecule has 1 saturated heterocycles. The standard InChI is InChI=1S/C16H19N3O3S/c1-11-2-3-12(9-17)6-14(11)23(21,22)19-15(20)13-7-16(8-13)4-5-18-10-16/h2-3,6,13,18H,4-5,7-8,10H2,1H3,(H,19,20). The summed E-state index contributed by atoms with van der Waals surface area (Å²) >= 11 is 0. The fourth-order valence-electron chi connectivity index (χ4n) is 3.54. The molecule has 1 heterocycles. The average Bonchev–Trinajstić information content (AvgIpc) is 2.95. The van der Waals surface area contributed by atoms with Crippen LogP contribution in [0.2, 0.25) is 0 Å². The van der Waals surface area contributed by atoms with Gasteiger partial charge in [0.05, 0.1) is 16.5 Å². The van der Waals surface area contributed by atoms with Gasteiger partial charge in [-0.1, -0.05) is 6.07 Å². The van der Waals surface area contributed by atoms with Crippen LogP contribution < -0.4 is 10.0 Å². The summed E-state index contributed by atoms with van der Waals surface area (Å²) < 4.78 is 27.0. The molecule has 0 unspecified atom stereocenters. The minimum absolute atomic E-state index is 0.0125. The molecule has 6 nitrogen and oxygen atoms in total. The Morgan fingerprint density at radius 2 is 2.17 bits per heavy atom. The van der Waals surface area contributed by atoms with E-state index in [2.05, 4.69) is 10.0 Å². The van der Waals surface area contributed by atoms with E-state index in [0.29, 0.717) is 5.56 Å². The molecule has 7 heteroatoms. The van der Waals surface area contributed by atoms with E-state index in [1.54, 1.807) is 19.1 Å². The Kier molecular flexibility index (Phi) is 3.90. The van der Waals surface area contributed by atoms with Crippen LogP contribution in [0.5, 0.6) is 0 Å². The fourth-order valence-corrected chi connectivity index (χ4v) is 4.86. The van der Waals surface area contributed by atoms with Gasteiger partial charge in [-0.25, -0.2) is 13.1 Å². The van der Waals surface area contributed by atoms with E-state index in [4.69, 9.17) is 5.26 Å². The second-order valence-electron chi connectivity index (χ2n) is 6.59. The van der Waals surface area contributed by atoms with Gasteiger partial charge in [0.2, 0.25) is 5.91 Å². The van der Waals surface area contributed by atoms with Crippen LogP contribution in [-0.4, -0.2) is 27.4 Å². The minimum atomic E-state index is -3.95. The van der Waals surface area contributed by atoms with Crippen LogP contribution in [0.15, 0.2) is 23.1 Å². The molecule has 0 radical (unpaired) electrons. The first-order chi connectivity index (χ1) is 10.9. The first-order valence-corrected chi connectivity index (χ1v) is 9.12. The maximum atomic E-state index is 12.4. The molecule has 23 heavy (non-hydrogen) atoms. The van der Waals surface area contributed by atoms with Gasteiger partial charge in [-0.05, 0) is 55.8 Å². The number of carbonyl (C=O) groups is 1. The second kappa shape index (κ2) is 5.62. The molecule has 1 saturated carbocycles. The summed E-state index contributed by atoms with van der Waals surface area (Å²) in [5, 5.41) is 12.2. The summed E-state index contributed by atoms with van der Waals surface area (Å²) in [4.78, 5) is 12.2. The molecule has 1 amide bonds. The lowest BCUT2D eigenvalue weighted by Gasteiger charge is -2.43. The molecule has 122 valence electrons. The number of hydrogen-bond donors (Lipinski definition) is 2. The van der Waals surface area contributed by atoms with E-state index < -0.39 is 15.9 Å². The van der Waals surface area contributed by atoms with E-state index in [9.17, 15) is 13.2 Å². The summed E-state index contributed by atoms with van der Waals surface area (Å²) in [6.45, 7) is 3.52. The molecule has 1 aromatic carbocycles. The monoisotopic (exact) mass is 333 g/mol. The molecule has 1 aliphatic carbocycles. The molecule has 1 spiro atoms. The Bertz CT molecular complexity index is 781. The number of nitrogens with zero attached hydrogens (tertiary/aromatic N) is 1. The van der Waals surface area contributed by atoms with Crippen LogP contribution in [0.4, 0.5) is 0 Å². The zero-order valence-electron chi connectivity index (χ0n) is 12.9. The number of benzene rings is 1. The highest BCUT2D eigenvalue weighted by Gasteiger charge is 2.49. The molecular formula is C16H19N3O3S. The molecule has 0 aromatic heterocycles. The van der Waals surface area contributed by atoms with Crippen molar-refractivity contribution in [2.24, 2.45) is 11.3 Å². The normalized spacial score (nSPS) is 26.5. The van der Waals surface area contributed by atoms with Gasteiger partial charge in [0.15, 0.2) is 0 Å². The molecule has 2 fully saturated rings. The van der Waals surface area contributed by atoms with Crippen molar-refractivity contribution in [3.63, 3.8) is 0 Å². The van der Waals surface area contributed by atoms with Crippen molar-refractivity contribution in [3.05, 3.63) is 29.3 Å². The summed E-state index contributed by atoms with van der Waals surface area (Å²) in [7, 11) is -3.95. The third-order valence-electron chi connectivity index (χ3n) is 4.90. The summed E-state index contributed by atoms with van der Waals surface area (Å²) in [5.41, 5.74) is 0.944. The van der Waals surface area contributed by atoms with Gasteiger partial charge in [0.1, 0.15) is 0 Å². The number of nitrogens with one attached hydrogen (secondary N) is 2. The van der Waals surface area contributed by atoms with E-state index in [-0.39, 0.29) is 21.8 Å². The smallest absolute Gasteiger partial charge is 0.264 e. The van der Waals surface area contributed by atoms with Crippen molar-refractivity contribution in [2.45, 2.75) is 31.1 Å². The molecule has 2 aliphatic rings. The van der Waals surface area contributed by atoms with Crippen molar-refractivity contribution in [2.75, 3.05) is 13.1 Å². The van der Waals surface area contributed by atoms with Crippen molar-refractivity contribution in [1.29, 1.82) is 5.26 Å². The highest BCUT2D eigenvalue weighted by Crippen LogP contribution is 2.49. The predicted molar refractivity (Wildman–Crippen MR) is 83.9 cm³/mol. The Balaban J connectivity index is 1.72. The van der Waals surface area contributed by atoms with Crippen LogP contribution in [0, 0.1) is 29.6 Å². The summed E-state index contributed by atoms with van der Waals surface area (Å²) in [6.07, 6.45) is 2.52. The Morgan fingerprint density at radius 1 is 1.43 bits per heavy atom. The van der Waals surface area contributed by atoms with Gasteiger partial charge >= 0.3 is 0 Å². The molecule has 0 bridgehead atoms. The Hall–Kier alpha value is -1.91. The Labute approximate surface area is 135 Å². The second-order valence-corrected chi connectivity index (χ2v) is 8.24. The largest absolute Gasteiger partial charge is 0.316 e. The van der Waals surface area contributed by atoms with Crippen LogP contribution in [0.1, 0.15) is 30.4 Å². The zero-order valence-corrected chi connectivity index (χ0v) is 13.7. The van der Waals surface area contributed by atoms with Gasteiger partial charge in [-0.2, -0.15) is 5.26 Å². The summed E-state index contributed by atoms with van der Waals surface area (Å²) in [5.74, 6) is -0.687. The number of aryl methyl sites for hydroxylation is 1. The maximum absolute atomic E-state index is 12.4. The maximum Gasteiger partial charge on any atom is 0.264 e. The van der Waals surface area contributed by atoms with Gasteiger partial charge in [0, 0.05) is 12.5 Å². The number of carbonyl (C=O) groups excluding carboxylic acids is 1. The molecular weight excluding hydrogens is 314 g/mol. The number of rotatable bonds is 3. The van der Waals surface area contributed by atoms with Crippen LogP contribution in [0.3, 0.4) is 0 Å². The van der Waals surface area contributed by atoms with Crippen molar-refractivity contribution in [1.82, 2.24) is 10.0 Å². The van der Waals surface area contributed by atoms with E-state index in [1.165, 1.54) is 6.07 Å². The lowest BCUT2D eigenvalue weighted by molar-refractivity contribution is -0.130. The lowest BCUT2D eigenvalue weighted by Crippen LogP contribution is -2.47. The van der Waals surface area contributed by atoms with Crippen molar-refractivity contribution < 1.29 is 13.2 Å². The van der Waals surface area contributed by atoms with Gasteiger partial charge in [-0.15, -0.1) is 0 Å². The fraction of sp³-hybridized carbons (Fsp3) is 0.500. The van der Waals surface area contributed by atoms with Gasteiger partial charge in [-0.3, -0.25) is 4.79 Å². The van der Waals surface area contributed by atoms with E-state index >= 15 is 0 Å². The lowest BCUT2D eigenvalue weighted by atomic mass is 9.61. The molecule has 2 N–H and O–H groups in total. The quantitative estimate of drug-likeness (QED) is 0.862. The highest BCUT2D eigenvalue weighted by atomic mass is 32.2. The van der Waals surface area contributed by atoms with Crippen LogP contribution >= 0.6 is 0 Å². The number of hydrogen-bond acceptors (Lipinski definition) is 5. The third kappa shape index (κ3) is 2.96. The predicted octanol–water partition coefficient (Wildman–Crippen LogP) is 1.06. The zero-order chi connectivity index (χ0) is 16.7. The topological polar surface area (TPSA) is 99.1 Å². The minimum Gasteiger partial charge on any atom is -0.316 e. The van der Waals surface area contributed by atoms with Crippen LogP contribution in [-0.2, 0) is 14.8 Å². The summed E-state index contributed by atoms with van der Waals surface area (Å²) in [6, 6.07) is 6.34. The van der Waals surface area contributed by atoms with Gasteiger partial charge in [0.25, 0.3) is 10.0 Å². The average molecular weight is 333 g/mol. The molecule has 1 aromatic rings. The number of sulfonamides is 1. The van der Waals surface area contributed by atoms with Crippen LogP contribution in [0.25, 0.3) is 0 Å². The first-order valence-electron chi connectivity index (χ1n) is 7.63. The SMILES string of the molecule is Cc1ccc(C#N)cc1S(=O)(=O)NC(=O)C1CC2(CCNC2)C1. The molecule has 3 rings (SSSR count). The first kappa shape index (κ1) is 16.0. The van der Waals surface area contributed by atoms with Crippen molar-refractivity contribution in [3.8, 4) is 6.07 Å². The van der Waals surface area contributed by atoms with E-state index in [0.717, 1.165) is 32.4 Å². The highest BCUT2D eigenvalue weighted by molar-refractivity contribution is 7.90. The molecule has 1 aliphatic heterocycles. The third-order valence-corrected chi connectivity index (χ3v) is 6.39. The number of amides is 1. The number of nitriles is 1. The van der Waals surface area contributed by atoms with Gasteiger partial charge < -0.3 is 5.32 Å². The van der Waals surface area contributed by atoms with Crippen molar-refractivity contribution >= 4 is 15.9 Å². The molecule has 0 atom stereocenters. The van der Waals surface area contributed by atoms with E-state index in [1.807, 2.05) is 6.07 Å².